The highest BCUT2D eigenvalue weighted by Gasteiger charge is 2.29. The summed E-state index contributed by atoms with van der Waals surface area (Å²) >= 11 is 0. The zero-order valence-electron chi connectivity index (χ0n) is 12.6. The molecule has 0 saturated carbocycles. The Morgan fingerprint density at radius 3 is 2.91 bits per heavy atom. The summed E-state index contributed by atoms with van der Waals surface area (Å²) in [4.78, 5) is 13.2. The van der Waals surface area contributed by atoms with Crippen LogP contribution in [0.5, 0.6) is 5.75 Å². The minimum absolute atomic E-state index is 0.308. The van der Waals surface area contributed by atoms with Crippen molar-refractivity contribution in [3.63, 3.8) is 0 Å². The SMILES string of the molecule is O=C(O)[C@H]1CCCN1CCCOc1cccc2ccccc12. The fourth-order valence-corrected chi connectivity index (χ4v) is 3.14. The van der Waals surface area contributed by atoms with Crippen molar-refractivity contribution in [1.82, 2.24) is 4.90 Å². The number of rotatable bonds is 6. The van der Waals surface area contributed by atoms with E-state index >= 15 is 0 Å². The lowest BCUT2D eigenvalue weighted by Gasteiger charge is -2.20. The maximum absolute atomic E-state index is 11.1. The monoisotopic (exact) mass is 299 g/mol. The van der Waals surface area contributed by atoms with Gasteiger partial charge in [-0.1, -0.05) is 36.4 Å². The molecule has 1 N–H and O–H groups in total. The van der Waals surface area contributed by atoms with Gasteiger partial charge in [-0.15, -0.1) is 0 Å². The van der Waals surface area contributed by atoms with Gasteiger partial charge in [0.15, 0.2) is 0 Å². The molecule has 1 heterocycles. The molecule has 0 spiro atoms. The number of benzene rings is 2. The quantitative estimate of drug-likeness (QED) is 0.832. The molecule has 4 nitrogen and oxygen atoms in total. The fourth-order valence-electron chi connectivity index (χ4n) is 3.14. The second-order valence-electron chi connectivity index (χ2n) is 5.71. The number of ether oxygens (including phenoxy) is 1. The van der Waals surface area contributed by atoms with Crippen molar-refractivity contribution in [3.8, 4) is 5.75 Å². The molecule has 0 amide bonds. The molecule has 0 bridgehead atoms. The van der Waals surface area contributed by atoms with Crippen molar-refractivity contribution in [3.05, 3.63) is 42.5 Å². The van der Waals surface area contributed by atoms with Crippen molar-refractivity contribution >= 4 is 16.7 Å². The predicted molar refractivity (Wildman–Crippen MR) is 86.3 cm³/mol. The van der Waals surface area contributed by atoms with Crippen LogP contribution in [0, 0.1) is 0 Å². The van der Waals surface area contributed by atoms with Gasteiger partial charge in [-0.05, 0) is 37.3 Å². The van der Waals surface area contributed by atoms with E-state index in [-0.39, 0.29) is 6.04 Å². The molecule has 1 fully saturated rings. The molecule has 0 radical (unpaired) electrons. The van der Waals surface area contributed by atoms with Crippen molar-refractivity contribution in [1.29, 1.82) is 0 Å². The Bertz CT molecular complexity index is 650. The van der Waals surface area contributed by atoms with Gasteiger partial charge in [0.05, 0.1) is 6.61 Å². The molecular formula is C18H21NO3. The highest BCUT2D eigenvalue weighted by molar-refractivity contribution is 5.88. The van der Waals surface area contributed by atoms with Crippen LogP contribution in [0.25, 0.3) is 10.8 Å². The Labute approximate surface area is 130 Å². The van der Waals surface area contributed by atoms with Gasteiger partial charge < -0.3 is 9.84 Å². The lowest BCUT2D eigenvalue weighted by molar-refractivity contribution is -0.142. The second-order valence-corrected chi connectivity index (χ2v) is 5.71. The third-order valence-electron chi connectivity index (χ3n) is 4.25. The Hall–Kier alpha value is -2.07. The first kappa shape index (κ1) is 14.9. The molecule has 1 saturated heterocycles. The third-order valence-corrected chi connectivity index (χ3v) is 4.25. The average Bonchev–Trinajstić information content (AvgIpc) is 3.00. The van der Waals surface area contributed by atoms with Gasteiger partial charge >= 0.3 is 5.97 Å². The van der Waals surface area contributed by atoms with E-state index in [9.17, 15) is 4.79 Å². The first-order valence-corrected chi connectivity index (χ1v) is 7.83. The van der Waals surface area contributed by atoms with E-state index in [1.165, 1.54) is 5.39 Å². The number of carbonyl (C=O) groups is 1. The highest BCUT2D eigenvalue weighted by Crippen LogP contribution is 2.25. The first-order chi connectivity index (χ1) is 10.8. The van der Waals surface area contributed by atoms with Gasteiger partial charge in [0.25, 0.3) is 0 Å². The minimum Gasteiger partial charge on any atom is -0.493 e. The van der Waals surface area contributed by atoms with Crippen molar-refractivity contribution < 1.29 is 14.6 Å². The Morgan fingerprint density at radius 1 is 1.23 bits per heavy atom. The van der Waals surface area contributed by atoms with Crippen molar-refractivity contribution in [2.75, 3.05) is 19.7 Å². The summed E-state index contributed by atoms with van der Waals surface area (Å²) in [5.74, 6) is 0.196. The van der Waals surface area contributed by atoms with Crippen LogP contribution in [0.15, 0.2) is 42.5 Å². The number of carboxylic acid groups (broad SMARTS) is 1. The molecule has 1 aliphatic rings. The largest absolute Gasteiger partial charge is 0.493 e. The summed E-state index contributed by atoms with van der Waals surface area (Å²) < 4.78 is 5.90. The van der Waals surface area contributed by atoms with Crippen LogP contribution in [0.4, 0.5) is 0 Å². The number of fused-ring (bicyclic) bond motifs is 1. The third kappa shape index (κ3) is 3.22. The molecule has 22 heavy (non-hydrogen) atoms. The van der Waals surface area contributed by atoms with Crippen LogP contribution < -0.4 is 4.74 Å². The van der Waals surface area contributed by atoms with Crippen LogP contribution in [0.3, 0.4) is 0 Å². The van der Waals surface area contributed by atoms with E-state index in [1.807, 2.05) is 24.3 Å². The number of likely N-dealkylation sites (tertiary alicyclic amines) is 1. The molecule has 2 aromatic carbocycles. The summed E-state index contributed by atoms with van der Waals surface area (Å²) in [5, 5.41) is 11.5. The van der Waals surface area contributed by atoms with Crippen LogP contribution in [-0.4, -0.2) is 41.7 Å². The lowest BCUT2D eigenvalue weighted by atomic mass is 10.1. The molecule has 0 aromatic heterocycles. The summed E-state index contributed by atoms with van der Waals surface area (Å²) in [6, 6.07) is 13.9. The summed E-state index contributed by atoms with van der Waals surface area (Å²) in [7, 11) is 0. The fraction of sp³-hybridized carbons (Fsp3) is 0.389. The number of aliphatic carboxylic acids is 1. The van der Waals surface area contributed by atoms with Gasteiger partial charge in [-0.2, -0.15) is 0 Å². The van der Waals surface area contributed by atoms with Gasteiger partial charge in [-0.25, -0.2) is 0 Å². The number of nitrogens with zero attached hydrogens (tertiary/aromatic N) is 1. The second kappa shape index (κ2) is 6.79. The van der Waals surface area contributed by atoms with E-state index < -0.39 is 5.97 Å². The zero-order valence-corrected chi connectivity index (χ0v) is 12.6. The van der Waals surface area contributed by atoms with Crippen molar-refractivity contribution in [2.24, 2.45) is 0 Å². The summed E-state index contributed by atoms with van der Waals surface area (Å²) in [6.07, 6.45) is 2.58. The lowest BCUT2D eigenvalue weighted by Crippen LogP contribution is -2.36. The maximum Gasteiger partial charge on any atom is 0.320 e. The van der Waals surface area contributed by atoms with Crippen LogP contribution in [0.2, 0.25) is 0 Å². The van der Waals surface area contributed by atoms with Gasteiger partial charge in [0.2, 0.25) is 0 Å². The number of carboxylic acids is 1. The number of hydrogen-bond acceptors (Lipinski definition) is 3. The Balaban J connectivity index is 1.54. The van der Waals surface area contributed by atoms with E-state index in [0.717, 1.165) is 43.5 Å². The van der Waals surface area contributed by atoms with E-state index in [1.54, 1.807) is 0 Å². The minimum atomic E-state index is -0.701. The maximum atomic E-state index is 11.1. The van der Waals surface area contributed by atoms with Gasteiger partial charge in [0, 0.05) is 11.9 Å². The predicted octanol–water partition coefficient (Wildman–Crippen LogP) is 3.16. The standard InChI is InChI=1S/C18H21NO3/c20-18(21)16-9-4-11-19(16)12-5-13-22-17-10-3-7-14-6-1-2-8-15(14)17/h1-3,6-8,10,16H,4-5,9,11-13H2,(H,20,21)/t16-/m1/s1. The average molecular weight is 299 g/mol. The molecule has 1 aliphatic heterocycles. The van der Waals surface area contributed by atoms with Crippen LogP contribution in [0.1, 0.15) is 19.3 Å². The van der Waals surface area contributed by atoms with E-state index in [4.69, 9.17) is 9.84 Å². The molecule has 4 heteroatoms. The molecule has 116 valence electrons. The van der Waals surface area contributed by atoms with E-state index in [0.29, 0.717) is 6.61 Å². The normalized spacial score (nSPS) is 18.6. The zero-order chi connectivity index (χ0) is 15.4. The summed E-state index contributed by atoms with van der Waals surface area (Å²) in [6.45, 7) is 2.27. The molecule has 3 rings (SSSR count). The smallest absolute Gasteiger partial charge is 0.320 e. The molecular weight excluding hydrogens is 278 g/mol. The first-order valence-electron chi connectivity index (χ1n) is 7.83. The Kier molecular flexibility index (Phi) is 4.59. The van der Waals surface area contributed by atoms with Gasteiger partial charge in [-0.3, -0.25) is 9.69 Å². The summed E-state index contributed by atoms with van der Waals surface area (Å²) in [5.41, 5.74) is 0. The molecule has 2 aromatic rings. The van der Waals surface area contributed by atoms with Crippen LogP contribution >= 0.6 is 0 Å². The van der Waals surface area contributed by atoms with Crippen LogP contribution in [-0.2, 0) is 4.79 Å². The number of hydrogen-bond donors (Lipinski definition) is 1. The Morgan fingerprint density at radius 2 is 2.05 bits per heavy atom. The van der Waals surface area contributed by atoms with Gasteiger partial charge in [0.1, 0.15) is 11.8 Å². The molecule has 0 unspecified atom stereocenters. The molecule has 1 atom stereocenters. The topological polar surface area (TPSA) is 49.8 Å². The highest BCUT2D eigenvalue weighted by atomic mass is 16.5. The molecule has 0 aliphatic carbocycles. The van der Waals surface area contributed by atoms with Crippen molar-refractivity contribution in [2.45, 2.75) is 25.3 Å². The van der Waals surface area contributed by atoms with E-state index in [2.05, 4.69) is 23.1 Å².